The molecule has 0 aliphatic heterocycles. The summed E-state index contributed by atoms with van der Waals surface area (Å²) in [7, 11) is 0. The first-order valence-corrected chi connectivity index (χ1v) is 17.8. The Morgan fingerprint density at radius 3 is 0.463 bits per heavy atom. The quantitative estimate of drug-likeness (QED) is 0.0666. The van der Waals surface area contributed by atoms with Crippen molar-refractivity contribution in [2.75, 3.05) is 0 Å². The smallest absolute Gasteiger partial charge is 0.549 e. The molecule has 0 aliphatic rings. The van der Waals surface area contributed by atoms with Crippen molar-refractivity contribution in [2.45, 2.75) is 158 Å². The van der Waals surface area contributed by atoms with E-state index in [-0.39, 0.29) is 94.8 Å². The van der Waals surface area contributed by atoms with Gasteiger partial charge in [0.2, 0.25) is 0 Å². The summed E-state index contributed by atoms with van der Waals surface area (Å²) in [6.07, 6.45) is 5.61. The van der Waals surface area contributed by atoms with E-state index in [2.05, 4.69) is 0 Å². The molecule has 16 nitrogen and oxygen atoms in total. The molecule has 0 aliphatic carbocycles. The van der Waals surface area contributed by atoms with Crippen molar-refractivity contribution in [1.29, 1.82) is 0 Å². The molecule has 304 valence electrons. The molecular formula is C36H56O16Ti2. The van der Waals surface area contributed by atoms with E-state index in [4.69, 9.17) is 0 Å². The van der Waals surface area contributed by atoms with Gasteiger partial charge in [-0.15, -0.1) is 0 Å². The fourth-order valence-electron chi connectivity index (χ4n) is 4.93. The fourth-order valence-corrected chi connectivity index (χ4v) is 4.93. The van der Waals surface area contributed by atoms with Crippen LogP contribution < -0.4 is 40.9 Å². The maximum Gasteiger partial charge on any atom is 4.00 e. The van der Waals surface area contributed by atoms with Crippen LogP contribution >= 0.6 is 0 Å². The monoisotopic (exact) mass is 840 g/mol. The fraction of sp³-hybridized carbons (Fsp3) is 0.778. The maximum atomic E-state index is 10.7. The molecule has 0 atom stereocenters. The van der Waals surface area contributed by atoms with E-state index < -0.39 is 69.4 Å². The first-order chi connectivity index (χ1) is 24.0. The van der Waals surface area contributed by atoms with Gasteiger partial charge in [-0.3, -0.25) is 0 Å². The minimum absolute atomic E-state index is 0. The molecule has 0 saturated carbocycles. The summed E-state index contributed by atoms with van der Waals surface area (Å²) in [6, 6.07) is 0. The summed E-state index contributed by atoms with van der Waals surface area (Å²) in [4.78, 5) is 85.3. The van der Waals surface area contributed by atoms with E-state index in [0.29, 0.717) is 25.7 Å². The van der Waals surface area contributed by atoms with E-state index in [0.717, 1.165) is 25.7 Å². The largest absolute Gasteiger partial charge is 4.00 e. The molecule has 0 unspecified atom stereocenters. The summed E-state index contributed by atoms with van der Waals surface area (Å²) in [5.41, 5.74) is -7.18. The van der Waals surface area contributed by atoms with E-state index in [1.165, 1.54) is 27.7 Å². The Labute approximate surface area is 348 Å². The van der Waals surface area contributed by atoms with Crippen molar-refractivity contribution in [1.82, 2.24) is 0 Å². The second kappa shape index (κ2) is 32.4. The molecule has 0 aromatic carbocycles. The average Bonchev–Trinajstić information content (AvgIpc) is 3.06. The van der Waals surface area contributed by atoms with Crippen LogP contribution in [0.5, 0.6) is 0 Å². The third-order valence-corrected chi connectivity index (χ3v) is 9.37. The van der Waals surface area contributed by atoms with E-state index in [1.54, 1.807) is 0 Å². The van der Waals surface area contributed by atoms with Crippen LogP contribution in [0.1, 0.15) is 158 Å². The van der Waals surface area contributed by atoms with Gasteiger partial charge in [-0.2, -0.15) is 0 Å². The van der Waals surface area contributed by atoms with Crippen LogP contribution in [0.4, 0.5) is 0 Å². The van der Waals surface area contributed by atoms with Crippen LogP contribution in [0, 0.1) is 21.7 Å². The zero-order chi connectivity index (χ0) is 41.9. The van der Waals surface area contributed by atoms with Gasteiger partial charge in [-0.1, -0.05) is 107 Å². The molecule has 0 amide bonds. The Bertz CT molecular complexity index is 924. The number of hydrogen-bond acceptors (Lipinski definition) is 16. The van der Waals surface area contributed by atoms with Crippen LogP contribution in [0.2, 0.25) is 0 Å². The van der Waals surface area contributed by atoms with Crippen LogP contribution in [0.25, 0.3) is 0 Å². The Hall–Kier alpha value is -2.81. The first-order valence-electron chi connectivity index (χ1n) is 17.8. The zero-order valence-corrected chi connectivity index (χ0v) is 36.0. The van der Waals surface area contributed by atoms with Crippen molar-refractivity contribution >= 4 is 47.8 Å². The standard InChI is InChI=1S/4C9H16O4.2Ti/c4*1-3-5-6-9(4-2,7(10)11)8(12)13;;/h4*3-6H2,1-2H3,(H,10,11)(H,12,13);;/q;;;;2*+4/p-8. The van der Waals surface area contributed by atoms with Crippen molar-refractivity contribution in [3.8, 4) is 0 Å². The van der Waals surface area contributed by atoms with Gasteiger partial charge >= 0.3 is 43.4 Å². The zero-order valence-electron chi connectivity index (χ0n) is 32.8. The number of aliphatic carboxylic acids is 8. The van der Waals surface area contributed by atoms with Gasteiger partial charge in [0.15, 0.2) is 0 Å². The average molecular weight is 841 g/mol. The van der Waals surface area contributed by atoms with E-state index in [1.807, 2.05) is 27.7 Å². The van der Waals surface area contributed by atoms with Gasteiger partial charge in [0.05, 0.1) is 47.8 Å². The van der Waals surface area contributed by atoms with Crippen molar-refractivity contribution in [3.05, 3.63) is 0 Å². The summed E-state index contributed by atoms with van der Waals surface area (Å²) in [5.74, 6) is -12.3. The molecule has 0 rings (SSSR count). The van der Waals surface area contributed by atoms with Gasteiger partial charge in [0, 0.05) is 21.7 Å². The molecule has 0 radical (unpaired) electrons. The number of unbranched alkanes of at least 4 members (excludes halogenated alkanes) is 4. The first kappa shape index (κ1) is 63.1. The number of carboxylic acid groups (broad SMARTS) is 8. The van der Waals surface area contributed by atoms with Gasteiger partial charge in [-0.05, 0) is 51.4 Å². The van der Waals surface area contributed by atoms with Crippen LogP contribution in [0.3, 0.4) is 0 Å². The van der Waals surface area contributed by atoms with Crippen molar-refractivity contribution in [2.24, 2.45) is 21.7 Å². The molecule has 0 aromatic rings. The Morgan fingerprint density at radius 1 is 0.296 bits per heavy atom. The molecule has 0 spiro atoms. The molecular weight excluding hydrogens is 784 g/mol. The Kier molecular flexibility index (Phi) is 37.9. The molecule has 18 heteroatoms. The second-order valence-electron chi connectivity index (χ2n) is 12.5. The van der Waals surface area contributed by atoms with Gasteiger partial charge in [0.25, 0.3) is 0 Å². The number of hydrogen-bond donors (Lipinski definition) is 0. The van der Waals surface area contributed by atoms with Gasteiger partial charge in [0.1, 0.15) is 0 Å². The third-order valence-electron chi connectivity index (χ3n) is 9.37. The molecule has 0 saturated heterocycles. The van der Waals surface area contributed by atoms with Crippen molar-refractivity contribution < 1.29 is 123 Å². The number of rotatable bonds is 24. The number of carboxylic acids is 8. The Balaban J connectivity index is -0.000000140. The van der Waals surface area contributed by atoms with E-state index in [9.17, 15) is 79.2 Å². The van der Waals surface area contributed by atoms with Crippen LogP contribution in [-0.4, -0.2) is 47.8 Å². The molecule has 0 fully saturated rings. The van der Waals surface area contributed by atoms with Gasteiger partial charge in [-0.25, -0.2) is 0 Å². The van der Waals surface area contributed by atoms with Gasteiger partial charge < -0.3 is 79.2 Å². The number of carbonyl (C=O) groups excluding carboxylic acids is 8. The minimum atomic E-state index is -1.80. The van der Waals surface area contributed by atoms with Crippen LogP contribution in [0.15, 0.2) is 0 Å². The predicted molar refractivity (Wildman–Crippen MR) is 169 cm³/mol. The molecule has 0 aromatic heterocycles. The van der Waals surface area contributed by atoms with Crippen LogP contribution in [-0.2, 0) is 81.8 Å². The molecule has 0 bridgehead atoms. The molecule has 0 heterocycles. The second-order valence-corrected chi connectivity index (χ2v) is 12.5. The molecule has 0 N–H and O–H groups in total. The molecule has 54 heavy (non-hydrogen) atoms. The summed E-state index contributed by atoms with van der Waals surface area (Å²) < 4.78 is 0. The maximum absolute atomic E-state index is 10.7. The van der Waals surface area contributed by atoms with E-state index >= 15 is 0 Å². The predicted octanol–water partition coefficient (Wildman–Crippen LogP) is -3.71. The Morgan fingerprint density at radius 2 is 0.407 bits per heavy atom. The minimum Gasteiger partial charge on any atom is -0.549 e. The topological polar surface area (TPSA) is 321 Å². The number of carbonyl (C=O) groups is 8. The summed E-state index contributed by atoms with van der Waals surface area (Å²) >= 11 is 0. The summed E-state index contributed by atoms with van der Waals surface area (Å²) in [5, 5.41) is 85.3. The van der Waals surface area contributed by atoms with Crippen molar-refractivity contribution in [3.63, 3.8) is 0 Å². The third kappa shape index (κ3) is 19.2. The normalized spacial score (nSPS) is 10.8. The SMILES string of the molecule is CCCCC(CC)(C(=O)[O-])C(=O)[O-].CCCCC(CC)(C(=O)[O-])C(=O)[O-].CCCCC(CC)(C(=O)[O-])C(=O)[O-].CCCCC(CC)(C(=O)[O-])C(=O)[O-].[Ti+4].[Ti+4]. The summed E-state index contributed by atoms with van der Waals surface area (Å²) in [6.45, 7) is 13.5.